The molecule has 1 saturated heterocycles. The van der Waals surface area contributed by atoms with Gasteiger partial charge in [0, 0.05) is 10.8 Å². The number of carbonyl (C=O) groups excluding carboxylic acids is 2. The minimum absolute atomic E-state index is 0.314. The molecule has 0 aromatic carbocycles. The number of carboxylic acid groups (broad SMARTS) is 1. The summed E-state index contributed by atoms with van der Waals surface area (Å²) in [6.07, 6.45) is 1.52. The Kier molecular flexibility index (Phi) is 3.01. The van der Waals surface area contributed by atoms with Gasteiger partial charge in [0.25, 0.3) is 5.91 Å². The van der Waals surface area contributed by atoms with Gasteiger partial charge in [0.1, 0.15) is 5.54 Å². The third-order valence-corrected chi connectivity index (χ3v) is 4.99. The van der Waals surface area contributed by atoms with Crippen LogP contribution in [0.3, 0.4) is 0 Å². The molecule has 7 heteroatoms. The molecule has 20 heavy (non-hydrogen) atoms. The highest BCUT2D eigenvalue weighted by Gasteiger charge is 2.62. The summed E-state index contributed by atoms with van der Waals surface area (Å²) in [6.45, 7) is 0. The Morgan fingerprint density at radius 1 is 1.50 bits per heavy atom. The minimum Gasteiger partial charge on any atom is -0.481 e. The van der Waals surface area contributed by atoms with Crippen molar-refractivity contribution in [1.82, 2.24) is 10.6 Å². The molecule has 3 N–H and O–H groups in total. The molecule has 2 heterocycles. The number of thiophene rings is 1. The molecular weight excluding hydrogens is 280 g/mol. The van der Waals surface area contributed by atoms with E-state index in [1.165, 1.54) is 0 Å². The van der Waals surface area contributed by atoms with Crippen molar-refractivity contribution in [3.05, 3.63) is 22.4 Å². The van der Waals surface area contributed by atoms with E-state index in [1.54, 1.807) is 11.3 Å². The van der Waals surface area contributed by atoms with Gasteiger partial charge in [-0.3, -0.25) is 14.9 Å². The third kappa shape index (κ3) is 2.07. The fourth-order valence-electron chi connectivity index (χ4n) is 2.92. The Bertz CT molecular complexity index is 571. The maximum absolute atomic E-state index is 12.1. The predicted octanol–water partition coefficient (Wildman–Crippen LogP) is 0.980. The lowest BCUT2D eigenvalue weighted by atomic mass is 9.86. The van der Waals surface area contributed by atoms with E-state index in [9.17, 15) is 14.4 Å². The van der Waals surface area contributed by atoms with E-state index in [2.05, 4.69) is 10.6 Å². The van der Waals surface area contributed by atoms with E-state index < -0.39 is 29.4 Å². The van der Waals surface area contributed by atoms with E-state index >= 15 is 0 Å². The molecule has 0 spiro atoms. The normalized spacial score (nSPS) is 31.8. The van der Waals surface area contributed by atoms with Gasteiger partial charge in [0.05, 0.1) is 5.92 Å². The zero-order valence-electron chi connectivity index (χ0n) is 10.6. The largest absolute Gasteiger partial charge is 0.481 e. The van der Waals surface area contributed by atoms with Crippen LogP contribution in [-0.2, 0) is 16.0 Å². The summed E-state index contributed by atoms with van der Waals surface area (Å²) < 4.78 is 0. The van der Waals surface area contributed by atoms with Gasteiger partial charge in [-0.15, -0.1) is 11.3 Å². The molecule has 1 saturated carbocycles. The molecule has 106 valence electrons. The average molecular weight is 294 g/mol. The quantitative estimate of drug-likeness (QED) is 0.705. The number of carbonyl (C=O) groups is 3. The van der Waals surface area contributed by atoms with Gasteiger partial charge in [0.2, 0.25) is 0 Å². The van der Waals surface area contributed by atoms with Crippen LogP contribution in [0, 0.1) is 11.8 Å². The van der Waals surface area contributed by atoms with E-state index in [0.29, 0.717) is 19.3 Å². The number of aliphatic carboxylic acids is 1. The van der Waals surface area contributed by atoms with Crippen molar-refractivity contribution in [3.63, 3.8) is 0 Å². The molecule has 1 aromatic heterocycles. The first-order chi connectivity index (χ1) is 9.53. The number of aryl methyl sites for hydroxylation is 1. The van der Waals surface area contributed by atoms with Gasteiger partial charge < -0.3 is 10.4 Å². The lowest BCUT2D eigenvalue weighted by molar-refractivity contribution is -0.139. The fraction of sp³-hybridized carbons (Fsp3) is 0.462. The minimum atomic E-state index is -1.07. The third-order valence-electron chi connectivity index (χ3n) is 4.06. The Hall–Kier alpha value is -1.89. The van der Waals surface area contributed by atoms with Crippen LogP contribution in [-0.4, -0.2) is 28.6 Å². The van der Waals surface area contributed by atoms with Crippen molar-refractivity contribution >= 4 is 29.2 Å². The van der Waals surface area contributed by atoms with Crippen LogP contribution < -0.4 is 10.6 Å². The SMILES string of the molecule is O=C1NC(=O)C(CCc2cccs2)(C2CC2C(=O)O)N1. The fourth-order valence-corrected chi connectivity index (χ4v) is 3.62. The van der Waals surface area contributed by atoms with Gasteiger partial charge in [-0.2, -0.15) is 0 Å². The number of nitrogens with one attached hydrogen (secondary N) is 2. The second-order valence-corrected chi connectivity index (χ2v) is 6.28. The average Bonchev–Trinajstić information content (AvgIpc) is 2.93. The highest BCUT2D eigenvalue weighted by Crippen LogP contribution is 2.49. The van der Waals surface area contributed by atoms with Crippen molar-refractivity contribution < 1.29 is 19.5 Å². The molecule has 2 fully saturated rings. The van der Waals surface area contributed by atoms with E-state index in [-0.39, 0.29) is 5.92 Å². The molecule has 2 aliphatic rings. The lowest BCUT2D eigenvalue weighted by Gasteiger charge is -2.26. The Labute approximate surface area is 119 Å². The van der Waals surface area contributed by atoms with Crippen LogP contribution in [0.4, 0.5) is 4.79 Å². The molecule has 6 nitrogen and oxygen atoms in total. The van der Waals surface area contributed by atoms with Crippen LogP contribution in [0.2, 0.25) is 0 Å². The first-order valence-corrected chi connectivity index (χ1v) is 7.30. The van der Waals surface area contributed by atoms with Crippen molar-refractivity contribution in [1.29, 1.82) is 0 Å². The molecule has 3 unspecified atom stereocenters. The number of hydrogen-bond acceptors (Lipinski definition) is 4. The Morgan fingerprint density at radius 3 is 2.80 bits per heavy atom. The molecule has 3 atom stereocenters. The van der Waals surface area contributed by atoms with E-state index in [0.717, 1.165) is 4.88 Å². The summed E-state index contributed by atoms with van der Waals surface area (Å²) >= 11 is 1.59. The molecule has 1 aliphatic heterocycles. The summed E-state index contributed by atoms with van der Waals surface area (Å²) in [4.78, 5) is 35.7. The van der Waals surface area contributed by atoms with Gasteiger partial charge in [-0.05, 0) is 30.7 Å². The molecule has 1 aliphatic carbocycles. The smallest absolute Gasteiger partial charge is 0.322 e. The second-order valence-electron chi connectivity index (χ2n) is 5.25. The maximum Gasteiger partial charge on any atom is 0.322 e. The molecule has 0 radical (unpaired) electrons. The Balaban J connectivity index is 1.79. The van der Waals surface area contributed by atoms with Crippen LogP contribution >= 0.6 is 11.3 Å². The predicted molar refractivity (Wildman–Crippen MR) is 71.3 cm³/mol. The summed E-state index contributed by atoms with van der Waals surface area (Å²) in [5, 5.41) is 15.9. The van der Waals surface area contributed by atoms with Crippen LogP contribution in [0.5, 0.6) is 0 Å². The monoisotopic (exact) mass is 294 g/mol. The zero-order chi connectivity index (χ0) is 14.3. The molecule has 3 amide bonds. The van der Waals surface area contributed by atoms with Crippen LogP contribution in [0.25, 0.3) is 0 Å². The summed E-state index contributed by atoms with van der Waals surface area (Å²) in [5.41, 5.74) is -1.07. The van der Waals surface area contributed by atoms with Gasteiger partial charge >= 0.3 is 12.0 Å². The van der Waals surface area contributed by atoms with E-state index in [1.807, 2.05) is 17.5 Å². The highest BCUT2D eigenvalue weighted by atomic mass is 32.1. The summed E-state index contributed by atoms with van der Waals surface area (Å²) in [6, 6.07) is 3.36. The lowest BCUT2D eigenvalue weighted by Crippen LogP contribution is -2.50. The zero-order valence-corrected chi connectivity index (χ0v) is 11.4. The topological polar surface area (TPSA) is 95.5 Å². The van der Waals surface area contributed by atoms with Gasteiger partial charge in [-0.1, -0.05) is 6.07 Å². The number of imide groups is 1. The van der Waals surface area contributed by atoms with Crippen LogP contribution in [0.1, 0.15) is 17.7 Å². The maximum atomic E-state index is 12.1. The molecule has 0 bridgehead atoms. The number of carboxylic acids is 1. The number of amides is 3. The second kappa shape index (κ2) is 4.59. The van der Waals surface area contributed by atoms with Gasteiger partial charge in [0.15, 0.2) is 0 Å². The Morgan fingerprint density at radius 2 is 2.30 bits per heavy atom. The van der Waals surface area contributed by atoms with Crippen molar-refractivity contribution in [2.75, 3.05) is 0 Å². The van der Waals surface area contributed by atoms with Crippen molar-refractivity contribution in [3.8, 4) is 0 Å². The van der Waals surface area contributed by atoms with Crippen molar-refractivity contribution in [2.24, 2.45) is 11.8 Å². The van der Waals surface area contributed by atoms with E-state index in [4.69, 9.17) is 5.11 Å². The summed E-state index contributed by atoms with van der Waals surface area (Å²) in [5.74, 6) is -2.15. The number of rotatable bonds is 5. The molecular formula is C13H14N2O4S. The standard InChI is InChI=1S/C13H14N2O4S/c16-10(17)8-6-9(8)13(11(18)14-12(19)15-13)4-3-7-2-1-5-20-7/h1-2,5,8-9H,3-4,6H2,(H,16,17)(H2,14,15,18,19). The van der Waals surface area contributed by atoms with Crippen molar-refractivity contribution in [2.45, 2.75) is 24.8 Å². The molecule has 1 aromatic rings. The molecule has 3 rings (SSSR count). The van der Waals surface area contributed by atoms with Gasteiger partial charge in [-0.25, -0.2) is 4.79 Å². The number of hydrogen-bond donors (Lipinski definition) is 3. The number of urea groups is 1. The first kappa shape index (κ1) is 13.1. The van der Waals surface area contributed by atoms with Crippen LogP contribution in [0.15, 0.2) is 17.5 Å². The summed E-state index contributed by atoms with van der Waals surface area (Å²) in [7, 11) is 0. The first-order valence-electron chi connectivity index (χ1n) is 6.42. The highest BCUT2D eigenvalue weighted by molar-refractivity contribution is 7.09.